The molecule has 1 spiro atoms. The Balaban J connectivity index is 1.55. The first-order valence-corrected chi connectivity index (χ1v) is 14.2. The minimum Gasteiger partial charge on any atom is -0.461 e. The van der Waals surface area contributed by atoms with Crippen molar-refractivity contribution in [1.29, 1.82) is 0 Å². The zero-order chi connectivity index (χ0) is 24.0. The maximum atomic E-state index is 13.3. The molecule has 0 heterocycles. The first kappa shape index (κ1) is 25.2. The van der Waals surface area contributed by atoms with Gasteiger partial charge in [-0.2, -0.15) is 0 Å². The van der Waals surface area contributed by atoms with E-state index in [-0.39, 0.29) is 34.7 Å². The first-order valence-electron chi connectivity index (χ1n) is 13.0. The Kier molecular flexibility index (Phi) is 7.12. The molecular weight excluding hydrogens is 434 g/mol. The Bertz CT molecular complexity index is 784. The summed E-state index contributed by atoms with van der Waals surface area (Å²) in [6.45, 7) is 15.6. The van der Waals surface area contributed by atoms with Gasteiger partial charge < -0.3 is 14.7 Å². The molecule has 1 N–H and O–H groups in total. The van der Waals surface area contributed by atoms with Crippen molar-refractivity contribution in [2.45, 2.75) is 78.4 Å². The van der Waals surface area contributed by atoms with Crippen molar-refractivity contribution in [3.63, 3.8) is 0 Å². The van der Waals surface area contributed by atoms with Crippen LogP contribution in [0.4, 0.5) is 0 Å². The van der Waals surface area contributed by atoms with Crippen LogP contribution < -0.4 is 0 Å². The molecule has 8 atom stereocenters. The second kappa shape index (κ2) is 9.31. The summed E-state index contributed by atoms with van der Waals surface area (Å²) in [6, 6.07) is 0. The summed E-state index contributed by atoms with van der Waals surface area (Å²) in [5.74, 6) is 1.82. The van der Waals surface area contributed by atoms with Gasteiger partial charge in [0, 0.05) is 35.5 Å². The molecule has 2 bridgehead atoms. The number of nitrogens with zero attached hydrogens (tertiary/aromatic N) is 1. The summed E-state index contributed by atoms with van der Waals surface area (Å²) in [7, 11) is 0. The van der Waals surface area contributed by atoms with Crippen molar-refractivity contribution in [3.8, 4) is 0 Å². The molecule has 4 saturated carbocycles. The van der Waals surface area contributed by atoms with Gasteiger partial charge >= 0.3 is 5.97 Å². The van der Waals surface area contributed by atoms with Gasteiger partial charge in [-0.05, 0) is 62.4 Å². The smallest absolute Gasteiger partial charge is 0.316 e. The van der Waals surface area contributed by atoms with Crippen molar-refractivity contribution < 1.29 is 19.4 Å². The molecule has 0 amide bonds. The number of ketones is 1. The number of carbonyl (C=O) groups is 2. The standard InChI is InChI=1S/C27H43NO4S/c1-6-25(5)16-21(32-22(30)17-33-14-13-28(7-2)8-3)27-15-19(27)9-11-26(18(4)24(25)31)12-10-20(29)23(26)27/h6,18-19,21,23-24,31H,1,7-17H2,2-5H3/t18-,19-,21+,23?,24-,25+,26?,27-/m0/s1. The zero-order valence-electron chi connectivity index (χ0n) is 21.0. The predicted molar refractivity (Wildman–Crippen MR) is 133 cm³/mol. The summed E-state index contributed by atoms with van der Waals surface area (Å²) in [6.07, 6.45) is 6.02. The van der Waals surface area contributed by atoms with Crippen LogP contribution in [0.15, 0.2) is 12.7 Å². The van der Waals surface area contributed by atoms with Crippen LogP contribution in [0.2, 0.25) is 0 Å². The van der Waals surface area contributed by atoms with Crippen LogP contribution in [0, 0.1) is 34.0 Å². The highest BCUT2D eigenvalue weighted by atomic mass is 32.2. The van der Waals surface area contributed by atoms with Gasteiger partial charge in [-0.1, -0.05) is 33.8 Å². The molecule has 0 saturated heterocycles. The molecule has 33 heavy (non-hydrogen) atoms. The van der Waals surface area contributed by atoms with E-state index in [4.69, 9.17) is 4.74 Å². The van der Waals surface area contributed by atoms with E-state index in [1.807, 2.05) is 6.08 Å². The van der Waals surface area contributed by atoms with E-state index in [9.17, 15) is 14.7 Å². The van der Waals surface area contributed by atoms with Crippen LogP contribution in [-0.2, 0) is 14.3 Å². The highest BCUT2D eigenvalue weighted by Crippen LogP contribution is 2.77. The fourth-order valence-corrected chi connectivity index (χ4v) is 8.70. The number of esters is 1. The van der Waals surface area contributed by atoms with Crippen molar-refractivity contribution in [3.05, 3.63) is 12.7 Å². The molecule has 4 aliphatic rings. The molecule has 4 aliphatic carbocycles. The molecule has 6 heteroatoms. The largest absolute Gasteiger partial charge is 0.461 e. The Morgan fingerprint density at radius 2 is 2.03 bits per heavy atom. The molecule has 4 fully saturated rings. The summed E-state index contributed by atoms with van der Waals surface area (Å²) in [5.41, 5.74) is -0.940. The third-order valence-corrected chi connectivity index (χ3v) is 11.0. The molecule has 0 aromatic rings. The number of hydrogen-bond acceptors (Lipinski definition) is 6. The van der Waals surface area contributed by atoms with Crippen molar-refractivity contribution in [2.75, 3.05) is 31.1 Å². The van der Waals surface area contributed by atoms with Gasteiger partial charge in [-0.3, -0.25) is 9.59 Å². The van der Waals surface area contributed by atoms with Gasteiger partial charge in [0.2, 0.25) is 0 Å². The number of aliphatic hydroxyl groups excluding tert-OH is 1. The van der Waals surface area contributed by atoms with E-state index in [1.165, 1.54) is 0 Å². The molecule has 0 aliphatic heterocycles. The second-order valence-corrected chi connectivity index (χ2v) is 12.5. The van der Waals surface area contributed by atoms with Gasteiger partial charge in [0.15, 0.2) is 0 Å². The highest BCUT2D eigenvalue weighted by Gasteiger charge is 2.76. The van der Waals surface area contributed by atoms with Gasteiger partial charge in [0.1, 0.15) is 11.9 Å². The molecule has 186 valence electrons. The van der Waals surface area contributed by atoms with Gasteiger partial charge in [0.25, 0.3) is 0 Å². The Morgan fingerprint density at radius 3 is 2.70 bits per heavy atom. The fraction of sp³-hybridized carbons (Fsp3) is 0.852. The maximum absolute atomic E-state index is 13.3. The summed E-state index contributed by atoms with van der Waals surface area (Å²) >= 11 is 1.63. The van der Waals surface area contributed by atoms with Crippen LogP contribution >= 0.6 is 11.8 Å². The summed E-state index contributed by atoms with van der Waals surface area (Å²) < 4.78 is 6.27. The lowest BCUT2D eigenvalue weighted by atomic mass is 9.50. The van der Waals surface area contributed by atoms with Crippen molar-refractivity contribution in [2.24, 2.45) is 34.0 Å². The number of aliphatic hydroxyl groups is 1. The van der Waals surface area contributed by atoms with Crippen LogP contribution in [0.5, 0.6) is 0 Å². The van der Waals surface area contributed by atoms with Crippen LogP contribution in [0.1, 0.15) is 66.2 Å². The lowest BCUT2D eigenvalue weighted by molar-refractivity contribution is -0.177. The Labute approximate surface area is 204 Å². The molecular formula is C27H43NO4S. The molecule has 0 radical (unpaired) electrons. The monoisotopic (exact) mass is 477 g/mol. The van der Waals surface area contributed by atoms with Gasteiger partial charge in [0.05, 0.1) is 11.9 Å². The lowest BCUT2D eigenvalue weighted by Crippen LogP contribution is -2.57. The average molecular weight is 478 g/mol. The first-order chi connectivity index (χ1) is 15.7. The minimum atomic E-state index is -0.597. The number of rotatable bonds is 9. The molecule has 0 aromatic heterocycles. The van der Waals surface area contributed by atoms with E-state index in [2.05, 4.69) is 39.2 Å². The number of hydrogen-bond donors (Lipinski definition) is 1. The number of Topliss-reactive ketones (excluding diaryl/α,β-unsaturated/α-hetero) is 1. The Hall–Kier alpha value is -0.850. The third-order valence-electron chi connectivity index (χ3n) is 10.1. The number of carbonyl (C=O) groups excluding carboxylic acids is 2. The highest BCUT2D eigenvalue weighted by molar-refractivity contribution is 7.99. The fourth-order valence-electron chi connectivity index (χ4n) is 7.94. The Morgan fingerprint density at radius 1 is 1.30 bits per heavy atom. The topological polar surface area (TPSA) is 66.8 Å². The quantitative estimate of drug-likeness (QED) is 0.303. The van der Waals surface area contributed by atoms with E-state index >= 15 is 0 Å². The SMILES string of the molecule is C=C[C@]1(C)C[C@@H](OC(=O)CSCCN(CC)CC)[C@]23C[C@@H]2CCC2(CCC(=O)C23)[C@@H](C)[C@@H]1O. The van der Waals surface area contributed by atoms with Crippen LogP contribution in [0.25, 0.3) is 0 Å². The average Bonchev–Trinajstić information content (AvgIpc) is 3.46. The molecule has 2 unspecified atom stereocenters. The van der Waals surface area contributed by atoms with E-state index in [1.54, 1.807) is 11.8 Å². The lowest BCUT2D eigenvalue weighted by Gasteiger charge is -2.55. The predicted octanol–water partition coefficient (Wildman–Crippen LogP) is 4.33. The van der Waals surface area contributed by atoms with Gasteiger partial charge in [-0.15, -0.1) is 18.3 Å². The van der Waals surface area contributed by atoms with Crippen LogP contribution in [0.3, 0.4) is 0 Å². The summed E-state index contributed by atoms with van der Waals surface area (Å²) in [5, 5.41) is 11.5. The maximum Gasteiger partial charge on any atom is 0.316 e. The molecule has 4 rings (SSSR count). The van der Waals surface area contributed by atoms with E-state index < -0.39 is 11.5 Å². The number of thioether (sulfide) groups is 1. The molecule has 5 nitrogen and oxygen atoms in total. The van der Waals surface area contributed by atoms with E-state index in [0.29, 0.717) is 30.3 Å². The number of ether oxygens (including phenoxy) is 1. The van der Waals surface area contributed by atoms with Crippen molar-refractivity contribution >= 4 is 23.5 Å². The second-order valence-electron chi connectivity index (χ2n) is 11.4. The normalized spacial score (nSPS) is 43.9. The summed E-state index contributed by atoms with van der Waals surface area (Å²) in [4.78, 5) is 28.7. The molecule has 0 aromatic carbocycles. The third kappa shape index (κ3) is 4.02. The van der Waals surface area contributed by atoms with Crippen LogP contribution in [-0.4, -0.2) is 65.1 Å². The van der Waals surface area contributed by atoms with E-state index in [0.717, 1.165) is 51.1 Å². The van der Waals surface area contributed by atoms with Gasteiger partial charge in [-0.25, -0.2) is 0 Å². The minimum absolute atomic E-state index is 0.0302. The zero-order valence-corrected chi connectivity index (χ0v) is 21.8. The van der Waals surface area contributed by atoms with Crippen molar-refractivity contribution in [1.82, 2.24) is 4.90 Å².